The zero-order valence-electron chi connectivity index (χ0n) is 17.2. The first kappa shape index (κ1) is 22.3. The highest BCUT2D eigenvalue weighted by atomic mass is 32.2. The maximum absolute atomic E-state index is 13.1. The van der Waals surface area contributed by atoms with E-state index in [1.807, 2.05) is 6.92 Å². The van der Waals surface area contributed by atoms with Gasteiger partial charge >= 0.3 is 5.97 Å². The van der Waals surface area contributed by atoms with Crippen molar-refractivity contribution >= 4 is 38.2 Å². The van der Waals surface area contributed by atoms with Gasteiger partial charge in [0, 0.05) is 11.4 Å². The minimum Gasteiger partial charge on any atom is -0.497 e. The molecule has 0 aliphatic carbocycles. The van der Waals surface area contributed by atoms with Crippen molar-refractivity contribution in [3.8, 4) is 5.75 Å². The molecule has 2 heterocycles. The van der Waals surface area contributed by atoms with E-state index in [-0.39, 0.29) is 11.4 Å². The molecule has 1 aromatic carbocycles. The lowest BCUT2D eigenvalue weighted by Gasteiger charge is -2.23. The number of sulfonamides is 1. The van der Waals surface area contributed by atoms with Crippen LogP contribution in [0.5, 0.6) is 5.75 Å². The van der Waals surface area contributed by atoms with Crippen molar-refractivity contribution < 1.29 is 27.5 Å². The van der Waals surface area contributed by atoms with Crippen molar-refractivity contribution in [3.63, 3.8) is 0 Å². The van der Waals surface area contributed by atoms with E-state index in [4.69, 9.17) is 9.47 Å². The van der Waals surface area contributed by atoms with E-state index in [1.54, 1.807) is 19.1 Å². The number of carbonyl (C=O) groups excluding carboxylic acids is 2. The monoisotopic (exact) mass is 452 g/mol. The molecule has 3 rings (SSSR count). The lowest BCUT2D eigenvalue weighted by molar-refractivity contribution is -0.119. The quantitative estimate of drug-likeness (QED) is 0.676. The van der Waals surface area contributed by atoms with E-state index < -0.39 is 27.9 Å². The van der Waals surface area contributed by atoms with Crippen LogP contribution in [0.25, 0.3) is 0 Å². The summed E-state index contributed by atoms with van der Waals surface area (Å²) in [5.74, 6) is -0.458. The summed E-state index contributed by atoms with van der Waals surface area (Å²) in [6, 6.07) is 5.20. The summed E-state index contributed by atoms with van der Waals surface area (Å²) in [6.07, 6.45) is 0.970. The van der Waals surface area contributed by atoms with Crippen molar-refractivity contribution in [1.82, 2.24) is 4.31 Å². The molecule has 1 atom stereocenters. The largest absolute Gasteiger partial charge is 0.497 e. The van der Waals surface area contributed by atoms with Crippen LogP contribution in [-0.4, -0.2) is 51.4 Å². The van der Waals surface area contributed by atoms with Crippen LogP contribution in [0.15, 0.2) is 29.2 Å². The number of rotatable bonds is 6. The van der Waals surface area contributed by atoms with Crippen molar-refractivity contribution in [3.05, 3.63) is 40.3 Å². The first-order valence-corrected chi connectivity index (χ1v) is 11.6. The molecule has 2 aromatic rings. The number of thiophene rings is 1. The fourth-order valence-electron chi connectivity index (χ4n) is 3.43. The molecule has 0 spiro atoms. The Labute approximate surface area is 179 Å². The van der Waals surface area contributed by atoms with Gasteiger partial charge in [0.1, 0.15) is 16.8 Å². The van der Waals surface area contributed by atoms with Crippen molar-refractivity contribution in [2.24, 2.45) is 0 Å². The van der Waals surface area contributed by atoms with Crippen LogP contribution < -0.4 is 10.1 Å². The van der Waals surface area contributed by atoms with Gasteiger partial charge in [0.2, 0.25) is 15.9 Å². The molecule has 1 N–H and O–H groups in total. The fourth-order valence-corrected chi connectivity index (χ4v) is 6.14. The molecule has 8 nitrogen and oxygen atoms in total. The van der Waals surface area contributed by atoms with Gasteiger partial charge in [-0.25, -0.2) is 13.2 Å². The highest BCUT2D eigenvalue weighted by Crippen LogP contribution is 2.34. The normalized spacial score (nSPS) is 17.0. The first-order chi connectivity index (χ1) is 14.2. The summed E-state index contributed by atoms with van der Waals surface area (Å²) >= 11 is 1.27. The lowest BCUT2D eigenvalue weighted by Crippen LogP contribution is -2.43. The Morgan fingerprint density at radius 3 is 2.43 bits per heavy atom. The Morgan fingerprint density at radius 2 is 1.83 bits per heavy atom. The molecule has 1 amide bonds. The number of benzene rings is 1. The standard InChI is InChI=1S/C20H24N2O6S2/c1-12-13(2)29-19(17(12)20(24)28-4)21-18(23)16-6-5-11-22(16)30(25,26)15-9-7-14(27-3)8-10-15/h7-10,16H,5-6,11H2,1-4H3,(H,21,23). The van der Waals surface area contributed by atoms with E-state index >= 15 is 0 Å². The summed E-state index contributed by atoms with van der Waals surface area (Å²) in [5, 5.41) is 3.12. The Morgan fingerprint density at radius 1 is 1.17 bits per heavy atom. The molecule has 1 fully saturated rings. The third-order valence-electron chi connectivity index (χ3n) is 5.18. The van der Waals surface area contributed by atoms with Gasteiger partial charge in [0.05, 0.1) is 24.7 Å². The number of anilines is 1. The number of hydrogen-bond acceptors (Lipinski definition) is 7. The second-order valence-corrected chi connectivity index (χ2v) is 10.0. The molecular formula is C20H24N2O6S2. The predicted octanol–water partition coefficient (Wildman–Crippen LogP) is 2.95. The number of esters is 1. The second-order valence-electron chi connectivity index (χ2n) is 6.92. The van der Waals surface area contributed by atoms with Gasteiger partial charge in [-0.15, -0.1) is 11.3 Å². The molecule has 0 bridgehead atoms. The molecule has 1 aromatic heterocycles. The number of carbonyl (C=O) groups is 2. The van der Waals surface area contributed by atoms with Gasteiger partial charge in [-0.05, 0) is 56.5 Å². The molecule has 1 aliphatic rings. The van der Waals surface area contributed by atoms with E-state index in [0.717, 1.165) is 10.4 Å². The number of nitrogens with zero attached hydrogens (tertiary/aromatic N) is 1. The third-order valence-corrected chi connectivity index (χ3v) is 8.23. The minimum atomic E-state index is -3.86. The smallest absolute Gasteiger partial charge is 0.341 e. The van der Waals surface area contributed by atoms with Gasteiger partial charge in [0.15, 0.2) is 0 Å². The van der Waals surface area contributed by atoms with Crippen LogP contribution in [0.1, 0.15) is 33.6 Å². The van der Waals surface area contributed by atoms with Crippen LogP contribution >= 0.6 is 11.3 Å². The summed E-state index contributed by atoms with van der Waals surface area (Å²) in [5.41, 5.74) is 1.03. The van der Waals surface area contributed by atoms with Gasteiger partial charge in [-0.1, -0.05) is 0 Å². The molecular weight excluding hydrogens is 428 g/mol. The average molecular weight is 453 g/mol. The number of hydrogen-bond donors (Lipinski definition) is 1. The Kier molecular flexibility index (Phi) is 6.49. The molecule has 0 saturated carbocycles. The van der Waals surface area contributed by atoms with Gasteiger partial charge in [-0.3, -0.25) is 4.79 Å². The fraction of sp³-hybridized carbons (Fsp3) is 0.400. The van der Waals surface area contributed by atoms with Crippen LogP contribution in [0, 0.1) is 13.8 Å². The number of nitrogens with one attached hydrogen (secondary N) is 1. The summed E-state index contributed by atoms with van der Waals surface area (Å²) in [7, 11) is -1.08. The van der Waals surface area contributed by atoms with E-state index in [1.165, 1.54) is 42.0 Å². The topological polar surface area (TPSA) is 102 Å². The van der Waals surface area contributed by atoms with Crippen LogP contribution in [-0.2, 0) is 19.6 Å². The van der Waals surface area contributed by atoms with Gasteiger partial charge in [0.25, 0.3) is 0 Å². The number of amides is 1. The zero-order chi connectivity index (χ0) is 22.1. The number of aryl methyl sites for hydroxylation is 1. The second kappa shape index (κ2) is 8.75. The van der Waals surface area contributed by atoms with Crippen molar-refractivity contribution in [2.45, 2.75) is 37.6 Å². The van der Waals surface area contributed by atoms with Crippen LogP contribution in [0.3, 0.4) is 0 Å². The Balaban J connectivity index is 1.86. The van der Waals surface area contributed by atoms with Crippen molar-refractivity contribution in [2.75, 3.05) is 26.1 Å². The summed E-state index contributed by atoms with van der Waals surface area (Å²) in [6.45, 7) is 3.88. The molecule has 10 heteroatoms. The van der Waals surface area contributed by atoms with Gasteiger partial charge < -0.3 is 14.8 Å². The molecule has 1 unspecified atom stereocenters. The SMILES string of the molecule is COC(=O)c1c(NC(=O)C2CCCN2S(=O)(=O)c2ccc(OC)cc2)sc(C)c1C. The van der Waals surface area contributed by atoms with Crippen LogP contribution in [0.4, 0.5) is 5.00 Å². The number of methoxy groups -OCH3 is 2. The van der Waals surface area contributed by atoms with E-state index in [2.05, 4.69) is 5.32 Å². The van der Waals surface area contributed by atoms with Gasteiger partial charge in [-0.2, -0.15) is 4.31 Å². The lowest BCUT2D eigenvalue weighted by atomic mass is 10.1. The Bertz CT molecular complexity index is 1060. The minimum absolute atomic E-state index is 0.0982. The maximum atomic E-state index is 13.1. The van der Waals surface area contributed by atoms with Crippen molar-refractivity contribution in [1.29, 1.82) is 0 Å². The first-order valence-electron chi connectivity index (χ1n) is 9.35. The molecule has 30 heavy (non-hydrogen) atoms. The predicted molar refractivity (Wildman–Crippen MR) is 114 cm³/mol. The third kappa shape index (κ3) is 4.07. The van der Waals surface area contributed by atoms with E-state index in [9.17, 15) is 18.0 Å². The highest BCUT2D eigenvalue weighted by Gasteiger charge is 2.40. The summed E-state index contributed by atoms with van der Waals surface area (Å²) in [4.78, 5) is 26.1. The van der Waals surface area contributed by atoms with E-state index in [0.29, 0.717) is 29.2 Å². The molecule has 162 valence electrons. The zero-order valence-corrected chi connectivity index (χ0v) is 18.9. The Hall–Kier alpha value is -2.43. The maximum Gasteiger partial charge on any atom is 0.341 e. The molecule has 1 aliphatic heterocycles. The molecule has 0 radical (unpaired) electrons. The summed E-state index contributed by atoms with van der Waals surface area (Å²) < 4.78 is 37.4. The molecule has 1 saturated heterocycles. The van der Waals surface area contributed by atoms with Crippen LogP contribution in [0.2, 0.25) is 0 Å². The highest BCUT2D eigenvalue weighted by molar-refractivity contribution is 7.89. The average Bonchev–Trinajstić information content (AvgIpc) is 3.33. The number of ether oxygens (including phenoxy) is 2.